The van der Waals surface area contributed by atoms with Gasteiger partial charge in [-0.3, -0.25) is 4.79 Å². The average Bonchev–Trinajstić information content (AvgIpc) is 2.67. The Hall–Kier alpha value is -2.43. The molecule has 1 N–H and O–H groups in total. The van der Waals surface area contributed by atoms with E-state index in [0.717, 1.165) is 49.4 Å². The number of anilines is 1. The highest BCUT2D eigenvalue weighted by molar-refractivity contribution is 5.79. The van der Waals surface area contributed by atoms with Crippen molar-refractivity contribution in [3.63, 3.8) is 0 Å². The molecule has 1 saturated heterocycles. The Morgan fingerprint density at radius 3 is 2.68 bits per heavy atom. The van der Waals surface area contributed by atoms with E-state index in [9.17, 15) is 4.79 Å². The van der Waals surface area contributed by atoms with Crippen LogP contribution in [-0.4, -0.2) is 35.7 Å². The Kier molecular flexibility index (Phi) is 5.64. The number of nitrogens with one attached hydrogen (secondary N) is 1. The number of benzene rings is 1. The molecule has 1 aliphatic rings. The van der Waals surface area contributed by atoms with Gasteiger partial charge in [0.2, 0.25) is 5.91 Å². The van der Waals surface area contributed by atoms with Gasteiger partial charge >= 0.3 is 0 Å². The van der Waals surface area contributed by atoms with Gasteiger partial charge in [0.05, 0.1) is 11.6 Å². The molecule has 25 heavy (non-hydrogen) atoms. The van der Waals surface area contributed by atoms with Crippen molar-refractivity contribution >= 4 is 11.7 Å². The number of rotatable bonds is 5. The number of hydrogen-bond acceptors (Lipinski definition) is 4. The van der Waals surface area contributed by atoms with Crippen LogP contribution < -0.4 is 10.2 Å². The molecular formula is C20H26N4O. The lowest BCUT2D eigenvalue weighted by Crippen LogP contribution is -2.43. The number of nitrogens with zero attached hydrogens (tertiary/aromatic N) is 3. The number of aryl methyl sites for hydroxylation is 1. The fourth-order valence-electron chi connectivity index (χ4n) is 3.16. The monoisotopic (exact) mass is 338 g/mol. The Bertz CT molecular complexity index is 697. The van der Waals surface area contributed by atoms with Gasteiger partial charge < -0.3 is 10.2 Å². The molecule has 132 valence electrons. The Morgan fingerprint density at radius 2 is 2.00 bits per heavy atom. The Balaban J connectivity index is 1.67. The predicted octanol–water partition coefficient (Wildman–Crippen LogP) is 3.19. The van der Waals surface area contributed by atoms with Crippen molar-refractivity contribution in [2.75, 3.05) is 24.5 Å². The maximum Gasteiger partial charge on any atom is 0.224 e. The minimum atomic E-state index is 0.0406. The normalized spacial score (nSPS) is 17.4. The van der Waals surface area contributed by atoms with Crippen molar-refractivity contribution in [2.24, 2.45) is 5.92 Å². The minimum absolute atomic E-state index is 0.0406. The van der Waals surface area contributed by atoms with E-state index in [1.165, 1.54) is 5.56 Å². The van der Waals surface area contributed by atoms with Crippen molar-refractivity contribution in [3.8, 4) is 11.3 Å². The lowest BCUT2D eigenvalue weighted by molar-refractivity contribution is -0.125. The molecule has 1 aromatic carbocycles. The smallest absolute Gasteiger partial charge is 0.224 e. The van der Waals surface area contributed by atoms with E-state index in [1.807, 2.05) is 12.1 Å². The van der Waals surface area contributed by atoms with Crippen LogP contribution in [0.3, 0.4) is 0 Å². The van der Waals surface area contributed by atoms with Crippen LogP contribution in [0, 0.1) is 12.8 Å². The number of carbonyl (C=O) groups is 1. The van der Waals surface area contributed by atoms with E-state index >= 15 is 0 Å². The summed E-state index contributed by atoms with van der Waals surface area (Å²) in [5, 5.41) is 11.8. The molecule has 0 bridgehead atoms. The third kappa shape index (κ3) is 4.35. The predicted molar refractivity (Wildman–Crippen MR) is 100 cm³/mol. The highest BCUT2D eigenvalue weighted by Crippen LogP contribution is 2.23. The molecule has 1 aliphatic heterocycles. The molecule has 1 atom stereocenters. The van der Waals surface area contributed by atoms with Crippen LogP contribution in [0.25, 0.3) is 11.3 Å². The third-order valence-electron chi connectivity index (χ3n) is 4.66. The van der Waals surface area contributed by atoms with Gasteiger partial charge in [0.1, 0.15) is 0 Å². The quantitative estimate of drug-likeness (QED) is 0.909. The highest BCUT2D eigenvalue weighted by atomic mass is 16.1. The summed E-state index contributed by atoms with van der Waals surface area (Å²) >= 11 is 0. The lowest BCUT2D eigenvalue weighted by Gasteiger charge is -2.32. The van der Waals surface area contributed by atoms with E-state index in [0.29, 0.717) is 6.54 Å². The third-order valence-corrected chi connectivity index (χ3v) is 4.66. The molecule has 3 rings (SSSR count). The van der Waals surface area contributed by atoms with Crippen LogP contribution >= 0.6 is 0 Å². The average molecular weight is 338 g/mol. The maximum atomic E-state index is 12.2. The molecule has 1 amide bonds. The van der Waals surface area contributed by atoms with Gasteiger partial charge in [0, 0.05) is 25.2 Å². The van der Waals surface area contributed by atoms with Gasteiger partial charge in [-0.25, -0.2) is 0 Å². The summed E-state index contributed by atoms with van der Waals surface area (Å²) in [6.07, 6.45) is 2.92. The minimum Gasteiger partial charge on any atom is -0.356 e. The van der Waals surface area contributed by atoms with Gasteiger partial charge in [-0.2, -0.15) is 0 Å². The van der Waals surface area contributed by atoms with Crippen LogP contribution in [0.5, 0.6) is 0 Å². The van der Waals surface area contributed by atoms with Crippen LogP contribution in [0.15, 0.2) is 36.4 Å². The van der Waals surface area contributed by atoms with Crippen LogP contribution in [0.1, 0.15) is 31.7 Å². The number of piperidine rings is 1. The number of aromatic nitrogens is 2. The first kappa shape index (κ1) is 17.4. The number of amides is 1. The zero-order valence-corrected chi connectivity index (χ0v) is 15.0. The molecular weight excluding hydrogens is 312 g/mol. The topological polar surface area (TPSA) is 58.1 Å². The van der Waals surface area contributed by atoms with Gasteiger partial charge in [-0.15, -0.1) is 10.2 Å². The first-order valence-corrected chi connectivity index (χ1v) is 9.11. The summed E-state index contributed by atoms with van der Waals surface area (Å²) in [4.78, 5) is 14.4. The van der Waals surface area contributed by atoms with Crippen LogP contribution in [-0.2, 0) is 4.79 Å². The van der Waals surface area contributed by atoms with Crippen molar-refractivity contribution in [1.82, 2.24) is 15.5 Å². The largest absolute Gasteiger partial charge is 0.356 e. The van der Waals surface area contributed by atoms with Gasteiger partial charge in [-0.1, -0.05) is 36.8 Å². The summed E-state index contributed by atoms with van der Waals surface area (Å²) in [6, 6.07) is 12.3. The Morgan fingerprint density at radius 1 is 1.20 bits per heavy atom. The highest BCUT2D eigenvalue weighted by Gasteiger charge is 2.26. The van der Waals surface area contributed by atoms with E-state index in [1.54, 1.807) is 0 Å². The Labute approximate surface area is 149 Å². The molecule has 0 radical (unpaired) electrons. The maximum absolute atomic E-state index is 12.2. The van der Waals surface area contributed by atoms with Crippen LogP contribution in [0.4, 0.5) is 5.82 Å². The van der Waals surface area contributed by atoms with Gasteiger partial charge in [-0.05, 0) is 38.3 Å². The zero-order valence-electron chi connectivity index (χ0n) is 15.0. The summed E-state index contributed by atoms with van der Waals surface area (Å²) in [7, 11) is 0. The number of carbonyl (C=O) groups excluding carboxylic acids is 1. The second-order valence-corrected chi connectivity index (χ2v) is 6.72. The lowest BCUT2D eigenvalue weighted by atomic mass is 9.97. The van der Waals surface area contributed by atoms with E-state index in [4.69, 9.17) is 0 Å². The fraction of sp³-hybridized carbons (Fsp3) is 0.450. The number of hydrogen-bond donors (Lipinski definition) is 1. The van der Waals surface area contributed by atoms with Crippen molar-refractivity contribution in [3.05, 3.63) is 42.0 Å². The fourth-order valence-corrected chi connectivity index (χ4v) is 3.16. The van der Waals surface area contributed by atoms with E-state index in [2.05, 4.69) is 58.5 Å². The second kappa shape index (κ2) is 8.10. The molecule has 0 spiro atoms. The standard InChI is InChI=1S/C20H26N4O/c1-3-12-21-20(25)17-5-4-13-24(14-17)19-11-10-18(22-23-19)16-8-6-15(2)7-9-16/h6-11,17H,3-5,12-14H2,1-2H3,(H,21,25)/t17-/m1/s1. The van der Waals surface area contributed by atoms with E-state index < -0.39 is 0 Å². The molecule has 1 fully saturated rings. The van der Waals surface area contributed by atoms with Crippen LogP contribution in [0.2, 0.25) is 0 Å². The molecule has 5 heteroatoms. The molecule has 0 aliphatic carbocycles. The van der Waals surface area contributed by atoms with Gasteiger partial charge in [0.15, 0.2) is 5.82 Å². The van der Waals surface area contributed by atoms with Gasteiger partial charge in [0.25, 0.3) is 0 Å². The molecule has 0 saturated carbocycles. The van der Waals surface area contributed by atoms with Crippen molar-refractivity contribution in [2.45, 2.75) is 33.1 Å². The SMILES string of the molecule is CCCNC(=O)[C@@H]1CCCN(c2ccc(-c3ccc(C)cc3)nn2)C1. The first-order chi connectivity index (χ1) is 12.2. The van der Waals surface area contributed by atoms with Crippen molar-refractivity contribution in [1.29, 1.82) is 0 Å². The molecule has 1 aromatic heterocycles. The summed E-state index contributed by atoms with van der Waals surface area (Å²) in [5.74, 6) is 1.05. The summed E-state index contributed by atoms with van der Waals surface area (Å²) < 4.78 is 0. The molecule has 2 aromatic rings. The molecule has 0 unspecified atom stereocenters. The summed E-state index contributed by atoms with van der Waals surface area (Å²) in [6.45, 7) is 6.53. The summed E-state index contributed by atoms with van der Waals surface area (Å²) in [5.41, 5.74) is 3.17. The molecule has 2 heterocycles. The van der Waals surface area contributed by atoms with Crippen molar-refractivity contribution < 1.29 is 4.79 Å². The zero-order chi connectivity index (χ0) is 17.6. The first-order valence-electron chi connectivity index (χ1n) is 9.11. The second-order valence-electron chi connectivity index (χ2n) is 6.72. The molecule has 5 nitrogen and oxygen atoms in total. The van der Waals surface area contributed by atoms with E-state index in [-0.39, 0.29) is 11.8 Å².